The van der Waals surface area contributed by atoms with Gasteiger partial charge in [0.05, 0.1) is 6.04 Å². The molecule has 0 N–H and O–H groups in total. The molecule has 1 atom stereocenters. The van der Waals surface area contributed by atoms with Gasteiger partial charge in [0.25, 0.3) is 0 Å². The van der Waals surface area contributed by atoms with E-state index >= 15 is 0 Å². The first kappa shape index (κ1) is 13.1. The number of hydrogen-bond acceptors (Lipinski definition) is 4. The maximum absolute atomic E-state index is 11.8. The molecule has 0 saturated carbocycles. The third-order valence-electron chi connectivity index (χ3n) is 3.09. The Balaban J connectivity index is 2.52. The average Bonchev–Trinajstić information content (AvgIpc) is 2.32. The summed E-state index contributed by atoms with van der Waals surface area (Å²) in [5.74, 6) is 0.461. The van der Waals surface area contributed by atoms with Crippen LogP contribution in [0.5, 0.6) is 0 Å². The van der Waals surface area contributed by atoms with Crippen molar-refractivity contribution in [2.24, 2.45) is 0 Å². The average molecular weight is 267 g/mol. The number of benzene rings is 1. The molecule has 4 nitrogen and oxygen atoms in total. The molecule has 1 aromatic carbocycles. The van der Waals surface area contributed by atoms with Crippen molar-refractivity contribution in [3.63, 3.8) is 0 Å². The zero-order valence-corrected chi connectivity index (χ0v) is 11.6. The third-order valence-corrected chi connectivity index (χ3v) is 4.23. The zero-order chi connectivity index (χ0) is 13.3. The van der Waals surface area contributed by atoms with Gasteiger partial charge in [-0.15, -0.1) is 0 Å². The molecule has 0 amide bonds. The van der Waals surface area contributed by atoms with Crippen LogP contribution in [0.2, 0.25) is 0 Å². The summed E-state index contributed by atoms with van der Waals surface area (Å²) in [6, 6.07) is 9.19. The van der Waals surface area contributed by atoms with Crippen LogP contribution in [0.4, 0.5) is 0 Å². The van der Waals surface area contributed by atoms with Crippen LogP contribution in [0.1, 0.15) is 12.5 Å². The lowest BCUT2D eigenvalue weighted by Crippen LogP contribution is -2.39. The van der Waals surface area contributed by atoms with Gasteiger partial charge in [-0.05, 0) is 26.6 Å². The quantitative estimate of drug-likeness (QED) is 0.765. The second-order valence-electron chi connectivity index (χ2n) is 4.67. The highest BCUT2D eigenvalue weighted by atomic mass is 32.2. The highest BCUT2D eigenvalue weighted by Crippen LogP contribution is 2.30. The zero-order valence-electron chi connectivity index (χ0n) is 10.8. The van der Waals surface area contributed by atoms with Crippen LogP contribution in [0.15, 0.2) is 35.9 Å². The van der Waals surface area contributed by atoms with Crippen molar-refractivity contribution in [1.29, 1.82) is 0 Å². The van der Waals surface area contributed by atoms with E-state index in [4.69, 9.17) is 4.18 Å². The molecule has 98 valence electrons. The molecule has 0 fully saturated rings. The molecular weight excluding hydrogens is 250 g/mol. The van der Waals surface area contributed by atoms with Gasteiger partial charge in [0.1, 0.15) is 11.5 Å². The molecule has 0 spiro atoms. The number of hydrogen-bond donors (Lipinski definition) is 0. The van der Waals surface area contributed by atoms with Crippen molar-refractivity contribution in [3.8, 4) is 0 Å². The Morgan fingerprint density at radius 2 is 1.83 bits per heavy atom. The normalized spacial score (nSPS) is 23.0. The second-order valence-corrected chi connectivity index (χ2v) is 6.28. The molecule has 1 aliphatic rings. The predicted molar refractivity (Wildman–Crippen MR) is 71.4 cm³/mol. The lowest BCUT2D eigenvalue weighted by molar-refractivity contribution is 0.327. The van der Waals surface area contributed by atoms with Crippen molar-refractivity contribution >= 4 is 15.9 Å². The van der Waals surface area contributed by atoms with Gasteiger partial charge in [-0.25, -0.2) is 0 Å². The van der Waals surface area contributed by atoms with Crippen LogP contribution in [0.25, 0.3) is 5.76 Å². The Hall–Kier alpha value is -1.33. The van der Waals surface area contributed by atoms with Crippen LogP contribution in [0, 0.1) is 0 Å². The van der Waals surface area contributed by atoms with Crippen molar-refractivity contribution in [2.75, 3.05) is 19.8 Å². The summed E-state index contributed by atoms with van der Waals surface area (Å²) in [4.78, 5) is 1.90. The summed E-state index contributed by atoms with van der Waals surface area (Å²) in [5.41, 5.74) is 1.74. The first-order chi connectivity index (χ1) is 8.41. The maximum Gasteiger partial charge on any atom is 0.311 e. The summed E-state index contributed by atoms with van der Waals surface area (Å²) < 4.78 is 28.8. The standard InChI is InChI=1S/C13H17NO3S/c1-10-12(14(2)3)9-18(15,16)17-13(10)11-7-5-4-6-8-11/h4-8,12H,9H2,1-3H3. The van der Waals surface area contributed by atoms with E-state index in [1.807, 2.05) is 56.3 Å². The highest BCUT2D eigenvalue weighted by Gasteiger charge is 2.33. The van der Waals surface area contributed by atoms with Gasteiger partial charge in [-0.2, -0.15) is 8.42 Å². The van der Waals surface area contributed by atoms with Gasteiger partial charge < -0.3 is 9.08 Å². The summed E-state index contributed by atoms with van der Waals surface area (Å²) in [6.07, 6.45) is 0. The van der Waals surface area contributed by atoms with Crippen molar-refractivity contribution < 1.29 is 12.6 Å². The maximum atomic E-state index is 11.8. The molecular formula is C13H17NO3S. The fourth-order valence-electron chi connectivity index (χ4n) is 2.10. The summed E-state index contributed by atoms with van der Waals surface area (Å²) >= 11 is 0. The minimum absolute atomic E-state index is 0.00215. The van der Waals surface area contributed by atoms with Gasteiger partial charge in [0.15, 0.2) is 0 Å². The Labute approximate surface area is 108 Å². The lowest BCUT2D eigenvalue weighted by atomic mass is 10.0. The molecule has 1 heterocycles. The summed E-state index contributed by atoms with van der Waals surface area (Å²) in [5, 5.41) is 0. The minimum atomic E-state index is -3.51. The monoisotopic (exact) mass is 267 g/mol. The minimum Gasteiger partial charge on any atom is -0.382 e. The molecule has 0 aliphatic carbocycles. The van der Waals surface area contributed by atoms with Gasteiger partial charge in [-0.3, -0.25) is 0 Å². The van der Waals surface area contributed by atoms with E-state index in [1.165, 1.54) is 0 Å². The van der Waals surface area contributed by atoms with E-state index in [9.17, 15) is 8.42 Å². The van der Waals surface area contributed by atoms with Crippen molar-refractivity contribution in [3.05, 3.63) is 41.5 Å². The Kier molecular flexibility index (Phi) is 3.45. The number of rotatable bonds is 2. The predicted octanol–water partition coefficient (Wildman–Crippen LogP) is 1.71. The summed E-state index contributed by atoms with van der Waals surface area (Å²) in [7, 11) is 0.239. The second kappa shape index (κ2) is 4.74. The van der Waals surface area contributed by atoms with Crippen molar-refractivity contribution in [2.45, 2.75) is 13.0 Å². The smallest absolute Gasteiger partial charge is 0.311 e. The van der Waals surface area contributed by atoms with E-state index in [-0.39, 0.29) is 11.8 Å². The van der Waals surface area contributed by atoms with Crippen LogP contribution in [-0.4, -0.2) is 39.2 Å². The van der Waals surface area contributed by atoms with Crippen LogP contribution in [0.3, 0.4) is 0 Å². The van der Waals surface area contributed by atoms with Crippen molar-refractivity contribution in [1.82, 2.24) is 4.90 Å². The van der Waals surface area contributed by atoms with E-state index < -0.39 is 10.1 Å². The first-order valence-electron chi connectivity index (χ1n) is 5.75. The molecule has 0 aromatic heterocycles. The van der Waals surface area contributed by atoms with Crippen LogP contribution >= 0.6 is 0 Å². The van der Waals surface area contributed by atoms with Crippen LogP contribution in [-0.2, 0) is 14.3 Å². The van der Waals surface area contributed by atoms with Gasteiger partial charge in [-0.1, -0.05) is 30.3 Å². The summed E-state index contributed by atoms with van der Waals surface area (Å²) in [6.45, 7) is 1.92. The lowest BCUT2D eigenvalue weighted by Gasteiger charge is -2.31. The molecule has 0 saturated heterocycles. The van der Waals surface area contributed by atoms with Gasteiger partial charge >= 0.3 is 10.1 Å². The van der Waals surface area contributed by atoms with E-state index in [2.05, 4.69) is 0 Å². The highest BCUT2D eigenvalue weighted by molar-refractivity contribution is 7.87. The third kappa shape index (κ3) is 2.57. The first-order valence-corrected chi connectivity index (χ1v) is 7.33. The SMILES string of the molecule is CC1=C(c2ccccc2)OS(=O)(=O)CC1N(C)C. The van der Waals surface area contributed by atoms with Gasteiger partial charge in [0.2, 0.25) is 0 Å². The van der Waals surface area contributed by atoms with Crippen LogP contribution < -0.4 is 0 Å². The molecule has 1 aromatic rings. The van der Waals surface area contributed by atoms with E-state index in [0.717, 1.165) is 11.1 Å². The molecule has 18 heavy (non-hydrogen) atoms. The molecule has 0 bridgehead atoms. The molecule has 1 aliphatic heterocycles. The fourth-order valence-corrected chi connectivity index (χ4v) is 3.58. The molecule has 1 unspecified atom stereocenters. The molecule has 2 rings (SSSR count). The fraction of sp³-hybridized carbons (Fsp3) is 0.385. The van der Waals surface area contributed by atoms with E-state index in [0.29, 0.717) is 5.76 Å². The van der Waals surface area contributed by atoms with E-state index in [1.54, 1.807) is 0 Å². The number of nitrogens with zero attached hydrogens (tertiary/aromatic N) is 1. The Morgan fingerprint density at radius 1 is 1.22 bits per heavy atom. The molecule has 0 radical (unpaired) electrons. The number of likely N-dealkylation sites (N-methyl/N-ethyl adjacent to an activating group) is 1. The topological polar surface area (TPSA) is 46.6 Å². The molecule has 5 heteroatoms. The Bertz CT molecular complexity index is 561. The largest absolute Gasteiger partial charge is 0.382 e. The van der Waals surface area contributed by atoms with Gasteiger partial charge in [0, 0.05) is 5.56 Å². The Morgan fingerprint density at radius 3 is 2.39 bits per heavy atom.